The number of benzene rings is 1. The van der Waals surface area contributed by atoms with Crippen LogP contribution in [0.25, 0.3) is 10.9 Å². The molecule has 0 aliphatic rings. The van der Waals surface area contributed by atoms with E-state index >= 15 is 0 Å². The molecule has 0 aliphatic carbocycles. The molecule has 0 amide bonds. The highest BCUT2D eigenvalue weighted by Gasteiger charge is 2.08. The average Bonchev–Trinajstić information content (AvgIpc) is 2.66. The lowest BCUT2D eigenvalue weighted by molar-refractivity contribution is 0.400. The van der Waals surface area contributed by atoms with Crippen molar-refractivity contribution in [2.75, 3.05) is 20.6 Å². The Kier molecular flexibility index (Phi) is 4.31. The van der Waals surface area contributed by atoms with Crippen LogP contribution in [0.5, 0.6) is 0 Å². The molecule has 0 fully saturated rings. The van der Waals surface area contributed by atoms with Gasteiger partial charge >= 0.3 is 0 Å². The van der Waals surface area contributed by atoms with E-state index in [1.165, 1.54) is 22.9 Å². The summed E-state index contributed by atoms with van der Waals surface area (Å²) in [5, 5.41) is 2.13. The number of hydrogen-bond donors (Lipinski definition) is 0. The number of rotatable bonds is 5. The summed E-state index contributed by atoms with van der Waals surface area (Å²) in [6, 6.07) is 6.18. The minimum Gasteiger partial charge on any atom is -0.347 e. The van der Waals surface area contributed by atoms with Crippen LogP contribution in [0.1, 0.15) is 18.9 Å². The quantitative estimate of drug-likeness (QED) is 0.797. The van der Waals surface area contributed by atoms with E-state index in [4.69, 9.17) is 11.6 Å². The maximum Gasteiger partial charge on any atom is 0.0484 e. The van der Waals surface area contributed by atoms with E-state index in [0.29, 0.717) is 0 Å². The zero-order valence-corrected chi connectivity index (χ0v) is 12.2. The van der Waals surface area contributed by atoms with E-state index in [-0.39, 0.29) is 0 Å². The Morgan fingerprint density at radius 1 is 1.28 bits per heavy atom. The molecule has 3 heteroatoms. The van der Waals surface area contributed by atoms with Crippen LogP contribution >= 0.6 is 11.6 Å². The monoisotopic (exact) mass is 264 g/mol. The number of halogens is 1. The molecule has 0 saturated carbocycles. The van der Waals surface area contributed by atoms with E-state index in [2.05, 4.69) is 48.8 Å². The van der Waals surface area contributed by atoms with E-state index in [1.807, 2.05) is 6.07 Å². The van der Waals surface area contributed by atoms with Crippen molar-refractivity contribution in [2.45, 2.75) is 26.3 Å². The summed E-state index contributed by atoms with van der Waals surface area (Å²) in [7, 11) is 4.23. The second kappa shape index (κ2) is 5.77. The van der Waals surface area contributed by atoms with Crippen LogP contribution in [0.15, 0.2) is 24.4 Å². The van der Waals surface area contributed by atoms with Gasteiger partial charge in [0.05, 0.1) is 0 Å². The molecule has 2 nitrogen and oxygen atoms in total. The standard InChI is InChI=1S/C15H21ClN2/c1-4-18-11-12(6-5-9-17(2)3)14-10-13(16)7-8-15(14)18/h7-8,10-11H,4-6,9H2,1-3H3. The highest BCUT2D eigenvalue weighted by Crippen LogP contribution is 2.26. The van der Waals surface area contributed by atoms with Gasteiger partial charge in [-0.1, -0.05) is 11.6 Å². The van der Waals surface area contributed by atoms with Crippen LogP contribution in [-0.4, -0.2) is 30.1 Å². The molecular weight excluding hydrogens is 244 g/mol. The molecule has 2 aromatic rings. The number of aryl methyl sites for hydroxylation is 2. The molecule has 18 heavy (non-hydrogen) atoms. The molecule has 0 unspecified atom stereocenters. The summed E-state index contributed by atoms with van der Waals surface area (Å²) in [5.74, 6) is 0. The van der Waals surface area contributed by atoms with Crippen molar-refractivity contribution in [2.24, 2.45) is 0 Å². The molecule has 0 radical (unpaired) electrons. The fraction of sp³-hybridized carbons (Fsp3) is 0.467. The first kappa shape index (κ1) is 13.4. The first-order valence-corrected chi connectivity index (χ1v) is 6.91. The van der Waals surface area contributed by atoms with Crippen molar-refractivity contribution in [3.63, 3.8) is 0 Å². The maximum absolute atomic E-state index is 6.11. The highest BCUT2D eigenvalue weighted by atomic mass is 35.5. The normalized spacial score (nSPS) is 11.6. The van der Waals surface area contributed by atoms with Gasteiger partial charge < -0.3 is 9.47 Å². The van der Waals surface area contributed by atoms with E-state index in [9.17, 15) is 0 Å². The highest BCUT2D eigenvalue weighted by molar-refractivity contribution is 6.31. The lowest BCUT2D eigenvalue weighted by atomic mass is 10.1. The average molecular weight is 265 g/mol. The minimum absolute atomic E-state index is 0.824. The molecule has 2 rings (SSSR count). The number of hydrogen-bond acceptors (Lipinski definition) is 1. The van der Waals surface area contributed by atoms with Gasteiger partial charge in [0.25, 0.3) is 0 Å². The van der Waals surface area contributed by atoms with Crippen molar-refractivity contribution in [1.82, 2.24) is 9.47 Å². The Morgan fingerprint density at radius 3 is 2.72 bits per heavy atom. The Morgan fingerprint density at radius 2 is 2.06 bits per heavy atom. The summed E-state index contributed by atoms with van der Waals surface area (Å²) in [5.41, 5.74) is 2.71. The van der Waals surface area contributed by atoms with Crippen molar-refractivity contribution in [3.8, 4) is 0 Å². The van der Waals surface area contributed by atoms with Crippen LogP contribution < -0.4 is 0 Å². The van der Waals surface area contributed by atoms with Gasteiger partial charge in [0.15, 0.2) is 0 Å². The van der Waals surface area contributed by atoms with Crippen LogP contribution in [0.3, 0.4) is 0 Å². The van der Waals surface area contributed by atoms with Gasteiger partial charge in [-0.15, -0.1) is 0 Å². The van der Waals surface area contributed by atoms with E-state index < -0.39 is 0 Å². The second-order valence-corrected chi connectivity index (χ2v) is 5.45. The van der Waals surface area contributed by atoms with Crippen LogP contribution in [0, 0.1) is 0 Å². The molecule has 98 valence electrons. The van der Waals surface area contributed by atoms with Crippen molar-refractivity contribution < 1.29 is 0 Å². The van der Waals surface area contributed by atoms with Gasteiger partial charge in [0, 0.05) is 28.7 Å². The number of fused-ring (bicyclic) bond motifs is 1. The van der Waals surface area contributed by atoms with E-state index in [1.54, 1.807) is 0 Å². The zero-order chi connectivity index (χ0) is 13.1. The number of aromatic nitrogens is 1. The molecule has 0 N–H and O–H groups in total. The third-order valence-electron chi connectivity index (χ3n) is 3.32. The molecule has 0 spiro atoms. The molecule has 1 aromatic heterocycles. The molecular formula is C15H21ClN2. The van der Waals surface area contributed by atoms with Crippen LogP contribution in [-0.2, 0) is 13.0 Å². The summed E-state index contributed by atoms with van der Waals surface area (Å²) in [6.45, 7) is 4.31. The zero-order valence-electron chi connectivity index (χ0n) is 11.4. The van der Waals surface area contributed by atoms with E-state index in [0.717, 1.165) is 24.5 Å². The second-order valence-electron chi connectivity index (χ2n) is 5.01. The van der Waals surface area contributed by atoms with Gasteiger partial charge in [-0.25, -0.2) is 0 Å². The van der Waals surface area contributed by atoms with Crippen molar-refractivity contribution in [1.29, 1.82) is 0 Å². The molecule has 1 heterocycles. The molecule has 0 atom stereocenters. The smallest absolute Gasteiger partial charge is 0.0484 e. The summed E-state index contributed by atoms with van der Waals surface area (Å²) >= 11 is 6.11. The van der Waals surface area contributed by atoms with Crippen LogP contribution in [0.4, 0.5) is 0 Å². The predicted molar refractivity (Wildman–Crippen MR) is 79.5 cm³/mol. The first-order valence-electron chi connectivity index (χ1n) is 6.54. The Hall–Kier alpha value is -0.990. The molecule has 0 bridgehead atoms. The van der Waals surface area contributed by atoms with Crippen LogP contribution in [0.2, 0.25) is 5.02 Å². The number of nitrogens with zero attached hydrogens (tertiary/aromatic N) is 2. The fourth-order valence-electron chi connectivity index (χ4n) is 2.39. The molecule has 0 saturated heterocycles. The minimum atomic E-state index is 0.824. The molecule has 0 aliphatic heterocycles. The third-order valence-corrected chi connectivity index (χ3v) is 3.55. The van der Waals surface area contributed by atoms with Crippen molar-refractivity contribution in [3.05, 3.63) is 35.0 Å². The van der Waals surface area contributed by atoms with Crippen molar-refractivity contribution >= 4 is 22.5 Å². The largest absolute Gasteiger partial charge is 0.347 e. The third kappa shape index (κ3) is 2.88. The molecule has 1 aromatic carbocycles. The summed E-state index contributed by atoms with van der Waals surface area (Å²) < 4.78 is 2.30. The topological polar surface area (TPSA) is 8.17 Å². The van der Waals surface area contributed by atoms with Gasteiger partial charge in [-0.05, 0) is 64.2 Å². The van der Waals surface area contributed by atoms with Gasteiger partial charge in [-0.2, -0.15) is 0 Å². The van der Waals surface area contributed by atoms with Gasteiger partial charge in [-0.3, -0.25) is 0 Å². The lowest BCUT2D eigenvalue weighted by Gasteiger charge is -2.08. The Bertz CT molecular complexity index is 529. The summed E-state index contributed by atoms with van der Waals surface area (Å²) in [4.78, 5) is 2.23. The summed E-state index contributed by atoms with van der Waals surface area (Å²) in [6.07, 6.45) is 4.57. The first-order chi connectivity index (χ1) is 8.61. The fourth-order valence-corrected chi connectivity index (χ4v) is 2.56. The predicted octanol–water partition coefficient (Wildman–Crippen LogP) is 3.81. The van der Waals surface area contributed by atoms with Gasteiger partial charge in [0.1, 0.15) is 0 Å². The Labute approximate surface area is 114 Å². The maximum atomic E-state index is 6.11. The van der Waals surface area contributed by atoms with Gasteiger partial charge in [0.2, 0.25) is 0 Å². The SMILES string of the molecule is CCn1cc(CCCN(C)C)c2cc(Cl)ccc21. The Balaban J connectivity index is 2.28. The lowest BCUT2D eigenvalue weighted by Crippen LogP contribution is -2.13.